The Labute approximate surface area is 138 Å². The van der Waals surface area contributed by atoms with Gasteiger partial charge >= 0.3 is 0 Å². The first kappa shape index (κ1) is 14.3. The van der Waals surface area contributed by atoms with Crippen LogP contribution >= 0.6 is 0 Å². The molecule has 0 aromatic heterocycles. The number of fused-ring (bicyclic) bond motifs is 3. The van der Waals surface area contributed by atoms with E-state index in [1.807, 2.05) is 6.07 Å². The van der Waals surface area contributed by atoms with E-state index in [9.17, 15) is 4.39 Å². The zero-order chi connectivity index (χ0) is 15.4. The van der Waals surface area contributed by atoms with Crippen molar-refractivity contribution in [3.8, 4) is 5.75 Å². The molecule has 3 atom stereocenters. The summed E-state index contributed by atoms with van der Waals surface area (Å²) in [5, 5.41) is 0. The molecule has 1 aromatic carbocycles. The average Bonchev–Trinajstić information content (AvgIpc) is 2.89. The second-order valence-corrected chi connectivity index (χ2v) is 8.26. The summed E-state index contributed by atoms with van der Waals surface area (Å²) in [6, 6.07) is 5.89. The van der Waals surface area contributed by atoms with Crippen molar-refractivity contribution in [1.82, 2.24) is 4.90 Å². The van der Waals surface area contributed by atoms with E-state index in [1.54, 1.807) is 6.07 Å². The third-order valence-electron chi connectivity index (χ3n) is 7.25. The Morgan fingerprint density at radius 2 is 1.96 bits per heavy atom. The van der Waals surface area contributed by atoms with Crippen molar-refractivity contribution in [2.75, 3.05) is 19.7 Å². The van der Waals surface area contributed by atoms with Crippen LogP contribution in [0.25, 0.3) is 0 Å². The van der Waals surface area contributed by atoms with Crippen LogP contribution in [0.2, 0.25) is 0 Å². The topological polar surface area (TPSA) is 12.5 Å². The number of nitrogens with zero attached hydrogens (tertiary/aromatic N) is 1. The van der Waals surface area contributed by atoms with Gasteiger partial charge in [0.05, 0.1) is 6.61 Å². The van der Waals surface area contributed by atoms with E-state index >= 15 is 0 Å². The van der Waals surface area contributed by atoms with E-state index in [0.29, 0.717) is 0 Å². The Morgan fingerprint density at radius 3 is 2.78 bits per heavy atom. The van der Waals surface area contributed by atoms with Gasteiger partial charge < -0.3 is 9.64 Å². The van der Waals surface area contributed by atoms with Crippen LogP contribution in [0.5, 0.6) is 5.75 Å². The molecule has 1 spiro atoms. The van der Waals surface area contributed by atoms with Gasteiger partial charge in [0.2, 0.25) is 0 Å². The molecular formula is C20H26FNO. The summed E-state index contributed by atoms with van der Waals surface area (Å²) in [6.45, 7) is 3.07. The molecule has 0 radical (unpaired) electrons. The van der Waals surface area contributed by atoms with Gasteiger partial charge in [-0.25, -0.2) is 4.39 Å². The lowest BCUT2D eigenvalue weighted by atomic mass is 9.61. The lowest BCUT2D eigenvalue weighted by Gasteiger charge is -2.55. The minimum Gasteiger partial charge on any atom is -0.492 e. The van der Waals surface area contributed by atoms with Gasteiger partial charge in [-0.15, -0.1) is 0 Å². The molecule has 0 bridgehead atoms. The highest BCUT2D eigenvalue weighted by molar-refractivity contribution is 5.44. The van der Waals surface area contributed by atoms with Crippen molar-refractivity contribution in [1.29, 1.82) is 0 Å². The van der Waals surface area contributed by atoms with Crippen LogP contribution in [-0.2, 0) is 5.41 Å². The Balaban J connectivity index is 1.30. The lowest BCUT2D eigenvalue weighted by molar-refractivity contribution is -0.0404. The first-order chi connectivity index (χ1) is 11.3. The van der Waals surface area contributed by atoms with E-state index in [2.05, 4.69) is 4.90 Å². The summed E-state index contributed by atoms with van der Waals surface area (Å²) in [4.78, 5) is 2.75. The second-order valence-electron chi connectivity index (χ2n) is 8.26. The van der Waals surface area contributed by atoms with Gasteiger partial charge in [-0.2, -0.15) is 0 Å². The smallest absolute Gasteiger partial charge is 0.123 e. The number of hydrogen-bond donors (Lipinski definition) is 0. The molecule has 1 saturated heterocycles. The highest BCUT2D eigenvalue weighted by atomic mass is 19.1. The standard InChI is InChI=1S/C20H26FNO/c21-15-5-6-19-17(12-15)20(13-23-19)7-9-22(10-8-20)18-11-14-3-1-2-4-16(14)18/h5-6,12,14,16,18H,1-4,7-11,13H2/t14?,16?,18-/m1/s1. The van der Waals surface area contributed by atoms with Gasteiger partial charge in [-0.05, 0) is 68.8 Å². The summed E-state index contributed by atoms with van der Waals surface area (Å²) in [5.74, 6) is 2.78. The van der Waals surface area contributed by atoms with Gasteiger partial charge in [0, 0.05) is 17.0 Å². The molecule has 23 heavy (non-hydrogen) atoms. The summed E-state index contributed by atoms with van der Waals surface area (Å²) in [5.41, 5.74) is 1.20. The fourth-order valence-electron chi connectivity index (χ4n) is 5.78. The van der Waals surface area contributed by atoms with Crippen molar-refractivity contribution in [2.24, 2.45) is 11.8 Å². The molecule has 2 aliphatic carbocycles. The minimum atomic E-state index is -0.125. The van der Waals surface area contributed by atoms with Crippen LogP contribution in [0.3, 0.4) is 0 Å². The third kappa shape index (κ3) is 2.15. The molecule has 3 fully saturated rings. The Morgan fingerprint density at radius 1 is 1.13 bits per heavy atom. The summed E-state index contributed by atoms with van der Waals surface area (Å²) in [7, 11) is 0. The fourth-order valence-corrected chi connectivity index (χ4v) is 5.78. The SMILES string of the molecule is Fc1ccc2c(c1)C1(CCN([C@@H]3CC4CCCCC43)CC1)CO2. The van der Waals surface area contributed by atoms with Crippen LogP contribution in [0, 0.1) is 17.7 Å². The molecule has 0 N–H and O–H groups in total. The van der Waals surface area contributed by atoms with Crippen molar-refractivity contribution < 1.29 is 9.13 Å². The monoisotopic (exact) mass is 315 g/mol. The molecule has 2 heterocycles. The molecule has 2 aliphatic heterocycles. The number of rotatable bonds is 1. The number of piperidine rings is 1. The van der Waals surface area contributed by atoms with Crippen LogP contribution in [0.15, 0.2) is 18.2 Å². The Kier molecular flexibility index (Phi) is 3.23. The highest BCUT2D eigenvalue weighted by Crippen LogP contribution is 2.50. The van der Waals surface area contributed by atoms with Crippen LogP contribution < -0.4 is 4.74 Å². The predicted octanol–water partition coefficient (Wildman–Crippen LogP) is 4.13. The number of hydrogen-bond acceptors (Lipinski definition) is 2. The van der Waals surface area contributed by atoms with Crippen molar-refractivity contribution >= 4 is 0 Å². The fraction of sp³-hybridized carbons (Fsp3) is 0.700. The molecule has 5 rings (SSSR count). The normalized spacial score (nSPS) is 35.3. The van der Waals surface area contributed by atoms with Gasteiger partial charge in [-0.3, -0.25) is 0 Å². The number of halogens is 1. The zero-order valence-corrected chi connectivity index (χ0v) is 13.8. The Hall–Kier alpha value is -1.09. The van der Waals surface area contributed by atoms with E-state index in [4.69, 9.17) is 4.74 Å². The molecule has 124 valence electrons. The average molecular weight is 315 g/mol. The van der Waals surface area contributed by atoms with Gasteiger partial charge in [0.25, 0.3) is 0 Å². The molecule has 2 unspecified atom stereocenters. The highest BCUT2D eigenvalue weighted by Gasteiger charge is 2.49. The Bertz CT molecular complexity index is 608. The first-order valence-corrected chi connectivity index (χ1v) is 9.42. The van der Waals surface area contributed by atoms with E-state index in [-0.39, 0.29) is 11.2 Å². The maximum atomic E-state index is 13.7. The minimum absolute atomic E-state index is 0.0731. The van der Waals surface area contributed by atoms with Crippen LogP contribution in [-0.4, -0.2) is 30.6 Å². The molecule has 1 aromatic rings. The molecule has 4 aliphatic rings. The van der Waals surface area contributed by atoms with Crippen LogP contribution in [0.1, 0.15) is 50.5 Å². The number of ether oxygens (including phenoxy) is 1. The number of benzene rings is 1. The third-order valence-corrected chi connectivity index (χ3v) is 7.25. The van der Waals surface area contributed by atoms with E-state index in [1.165, 1.54) is 38.2 Å². The maximum absolute atomic E-state index is 13.7. The largest absolute Gasteiger partial charge is 0.492 e. The van der Waals surface area contributed by atoms with E-state index in [0.717, 1.165) is 61.7 Å². The van der Waals surface area contributed by atoms with Gasteiger partial charge in [0.15, 0.2) is 0 Å². The molecular weight excluding hydrogens is 289 g/mol. The molecule has 0 amide bonds. The summed E-state index contributed by atoms with van der Waals surface area (Å²) >= 11 is 0. The second kappa shape index (κ2) is 5.20. The summed E-state index contributed by atoms with van der Waals surface area (Å²) < 4.78 is 19.6. The van der Waals surface area contributed by atoms with Crippen molar-refractivity contribution in [3.63, 3.8) is 0 Å². The van der Waals surface area contributed by atoms with Crippen molar-refractivity contribution in [2.45, 2.75) is 56.4 Å². The quantitative estimate of drug-likeness (QED) is 0.772. The predicted molar refractivity (Wildman–Crippen MR) is 88.2 cm³/mol. The first-order valence-electron chi connectivity index (χ1n) is 9.42. The number of likely N-dealkylation sites (tertiary alicyclic amines) is 1. The summed E-state index contributed by atoms with van der Waals surface area (Å²) in [6.07, 6.45) is 9.49. The maximum Gasteiger partial charge on any atom is 0.123 e. The molecule has 3 heteroatoms. The van der Waals surface area contributed by atoms with Crippen molar-refractivity contribution in [3.05, 3.63) is 29.6 Å². The molecule has 2 saturated carbocycles. The van der Waals surface area contributed by atoms with Gasteiger partial charge in [0.1, 0.15) is 11.6 Å². The van der Waals surface area contributed by atoms with Gasteiger partial charge in [-0.1, -0.05) is 19.3 Å². The zero-order valence-electron chi connectivity index (χ0n) is 13.8. The lowest BCUT2D eigenvalue weighted by Crippen LogP contribution is -2.57. The van der Waals surface area contributed by atoms with Crippen LogP contribution in [0.4, 0.5) is 4.39 Å². The molecule has 2 nitrogen and oxygen atoms in total. The van der Waals surface area contributed by atoms with E-state index < -0.39 is 0 Å².